The first-order valence-corrected chi connectivity index (χ1v) is 7.77. The van der Waals surface area contributed by atoms with E-state index in [9.17, 15) is 4.79 Å². The Bertz CT molecular complexity index is 783. The molecule has 0 N–H and O–H groups in total. The molecule has 3 rings (SSSR count). The number of halogens is 1. The second kappa shape index (κ2) is 6.08. The number of aromatic nitrogens is 2. The molecule has 23 heavy (non-hydrogen) atoms. The van der Waals surface area contributed by atoms with E-state index in [0.29, 0.717) is 17.4 Å². The molecule has 0 fully saturated rings. The van der Waals surface area contributed by atoms with Gasteiger partial charge in [0.1, 0.15) is 0 Å². The van der Waals surface area contributed by atoms with E-state index in [0.717, 1.165) is 22.7 Å². The maximum Gasteiger partial charge on any atom is 0.259 e. The van der Waals surface area contributed by atoms with Crippen LogP contribution in [0, 0.1) is 19.8 Å². The molecule has 1 amide bonds. The fraction of sp³-hybridized carbons (Fsp3) is 0.294. The smallest absolute Gasteiger partial charge is 0.259 e. The van der Waals surface area contributed by atoms with E-state index in [1.807, 2.05) is 51.1 Å². The van der Waals surface area contributed by atoms with Crippen molar-refractivity contribution in [1.82, 2.24) is 9.97 Å². The zero-order chi connectivity index (χ0) is 16.6. The molecule has 0 radical (unpaired) electrons. The summed E-state index contributed by atoms with van der Waals surface area (Å²) in [6.07, 6.45) is 0.566. The molecule has 1 unspecified atom stereocenters. The summed E-state index contributed by atoms with van der Waals surface area (Å²) in [5.74, 6) is -0.0780. The Morgan fingerprint density at radius 3 is 2.48 bits per heavy atom. The van der Waals surface area contributed by atoms with Gasteiger partial charge in [0.25, 0.3) is 11.9 Å². The van der Waals surface area contributed by atoms with E-state index < -0.39 is 0 Å². The molecule has 0 saturated heterocycles. The highest BCUT2D eigenvalue weighted by Gasteiger charge is 2.35. The first-order chi connectivity index (χ1) is 10.9. The molecule has 2 aromatic rings. The van der Waals surface area contributed by atoms with Gasteiger partial charge in [0, 0.05) is 22.1 Å². The van der Waals surface area contributed by atoms with Gasteiger partial charge in [0.15, 0.2) is 0 Å². The normalized spacial score (nSPS) is 17.6. The van der Waals surface area contributed by atoms with Gasteiger partial charge in [-0.1, -0.05) is 23.7 Å². The summed E-state index contributed by atoms with van der Waals surface area (Å²) in [5.41, 5.74) is 3.39. The Morgan fingerprint density at radius 1 is 1.13 bits per heavy atom. The summed E-state index contributed by atoms with van der Waals surface area (Å²) in [4.78, 5) is 21.4. The molecule has 2 heterocycles. The zero-order valence-corrected chi connectivity index (χ0v) is 14.0. The molecule has 1 aliphatic rings. The maximum atomic E-state index is 12.7. The number of hydrazone groups is 1. The monoisotopic (exact) mass is 328 g/mol. The van der Waals surface area contributed by atoms with Crippen LogP contribution in [-0.2, 0) is 11.2 Å². The molecule has 6 heteroatoms. The highest BCUT2D eigenvalue weighted by Crippen LogP contribution is 2.25. The molecular weight excluding hydrogens is 312 g/mol. The van der Waals surface area contributed by atoms with E-state index in [1.165, 1.54) is 5.01 Å². The number of carbonyl (C=O) groups is 1. The molecule has 118 valence electrons. The lowest BCUT2D eigenvalue weighted by Gasteiger charge is -2.13. The van der Waals surface area contributed by atoms with Crippen LogP contribution in [0.3, 0.4) is 0 Å². The molecule has 0 aliphatic carbocycles. The lowest BCUT2D eigenvalue weighted by atomic mass is 9.95. The zero-order valence-electron chi connectivity index (χ0n) is 13.2. The minimum absolute atomic E-state index is 0.104. The SMILES string of the molecule is CC1=NN(c2nc(C)cc(C)n2)C(=O)C1Cc1cccc(Cl)c1. The lowest BCUT2D eigenvalue weighted by molar-refractivity contribution is -0.119. The Kier molecular flexibility index (Phi) is 4.13. The Balaban J connectivity index is 1.86. The Labute approximate surface area is 140 Å². The van der Waals surface area contributed by atoms with Crippen molar-refractivity contribution in [1.29, 1.82) is 0 Å². The summed E-state index contributed by atoms with van der Waals surface area (Å²) in [6, 6.07) is 9.40. The van der Waals surface area contributed by atoms with Gasteiger partial charge in [-0.3, -0.25) is 4.79 Å². The second-order valence-corrected chi connectivity index (χ2v) is 6.17. The predicted molar refractivity (Wildman–Crippen MR) is 90.7 cm³/mol. The van der Waals surface area contributed by atoms with E-state index >= 15 is 0 Å². The average molecular weight is 329 g/mol. The summed E-state index contributed by atoms with van der Waals surface area (Å²) in [7, 11) is 0. The van der Waals surface area contributed by atoms with Crippen LogP contribution in [0.2, 0.25) is 5.02 Å². The third-order valence-electron chi connectivity index (χ3n) is 3.76. The van der Waals surface area contributed by atoms with Crippen LogP contribution < -0.4 is 5.01 Å². The third-order valence-corrected chi connectivity index (χ3v) is 3.99. The molecule has 1 atom stereocenters. The molecular formula is C17H17ClN4O. The van der Waals surface area contributed by atoms with Crippen LogP contribution in [0.15, 0.2) is 35.4 Å². The minimum atomic E-state index is -0.308. The van der Waals surface area contributed by atoms with Crippen molar-refractivity contribution in [3.63, 3.8) is 0 Å². The molecule has 1 aromatic heterocycles. The van der Waals surface area contributed by atoms with Crippen molar-refractivity contribution >= 4 is 29.2 Å². The fourth-order valence-electron chi connectivity index (χ4n) is 2.68. The van der Waals surface area contributed by atoms with Gasteiger partial charge in [-0.15, -0.1) is 0 Å². The highest BCUT2D eigenvalue weighted by atomic mass is 35.5. The van der Waals surface area contributed by atoms with E-state index in [-0.39, 0.29) is 11.8 Å². The minimum Gasteiger partial charge on any atom is -0.272 e. The van der Waals surface area contributed by atoms with Crippen molar-refractivity contribution in [3.05, 3.63) is 52.3 Å². The van der Waals surface area contributed by atoms with Crippen molar-refractivity contribution in [2.24, 2.45) is 11.0 Å². The van der Waals surface area contributed by atoms with Gasteiger partial charge < -0.3 is 0 Å². The predicted octanol–water partition coefficient (Wildman–Crippen LogP) is 3.33. The van der Waals surface area contributed by atoms with E-state index in [4.69, 9.17) is 11.6 Å². The fourth-order valence-corrected chi connectivity index (χ4v) is 2.90. The molecule has 0 bridgehead atoms. The second-order valence-electron chi connectivity index (χ2n) is 5.73. The van der Waals surface area contributed by atoms with Gasteiger partial charge in [-0.25, -0.2) is 9.97 Å². The Hall–Kier alpha value is -2.27. The van der Waals surface area contributed by atoms with Crippen LogP contribution >= 0.6 is 11.6 Å². The molecule has 1 aromatic carbocycles. The molecule has 0 saturated carbocycles. The first kappa shape index (κ1) is 15.6. The van der Waals surface area contributed by atoms with Crippen LogP contribution in [0.1, 0.15) is 23.9 Å². The van der Waals surface area contributed by atoms with Gasteiger partial charge in [0.05, 0.1) is 5.92 Å². The van der Waals surface area contributed by atoms with Crippen LogP contribution in [0.4, 0.5) is 5.95 Å². The number of anilines is 1. The van der Waals surface area contributed by atoms with Gasteiger partial charge in [0.2, 0.25) is 0 Å². The van der Waals surface area contributed by atoms with Crippen molar-refractivity contribution in [2.75, 3.05) is 5.01 Å². The topological polar surface area (TPSA) is 58.5 Å². The number of aryl methyl sites for hydroxylation is 2. The number of carbonyl (C=O) groups excluding carboxylic acids is 1. The highest BCUT2D eigenvalue weighted by molar-refractivity contribution is 6.30. The first-order valence-electron chi connectivity index (χ1n) is 7.40. The number of benzene rings is 1. The number of amides is 1. The third kappa shape index (κ3) is 3.24. The van der Waals surface area contributed by atoms with E-state index in [1.54, 1.807) is 0 Å². The quantitative estimate of drug-likeness (QED) is 0.868. The largest absolute Gasteiger partial charge is 0.272 e. The molecule has 1 aliphatic heterocycles. The van der Waals surface area contributed by atoms with Gasteiger partial charge >= 0.3 is 0 Å². The number of hydrogen-bond acceptors (Lipinski definition) is 4. The summed E-state index contributed by atoms with van der Waals surface area (Å²) in [5, 5.41) is 6.34. The van der Waals surface area contributed by atoms with Crippen molar-refractivity contribution in [3.8, 4) is 0 Å². The van der Waals surface area contributed by atoms with Crippen LogP contribution in [0.5, 0.6) is 0 Å². The molecule has 5 nitrogen and oxygen atoms in total. The summed E-state index contributed by atoms with van der Waals surface area (Å²) < 4.78 is 0. The maximum absolute atomic E-state index is 12.7. The van der Waals surface area contributed by atoms with Gasteiger partial charge in [-0.05, 0) is 51.0 Å². The standard InChI is InChI=1S/C17H17ClN4O/c1-10-7-11(2)20-17(19-10)22-16(23)15(12(3)21-22)9-13-5-4-6-14(18)8-13/h4-8,15H,9H2,1-3H3. The number of rotatable bonds is 3. The van der Waals surface area contributed by atoms with Crippen LogP contribution in [-0.4, -0.2) is 21.6 Å². The van der Waals surface area contributed by atoms with Gasteiger partial charge in [-0.2, -0.15) is 10.1 Å². The van der Waals surface area contributed by atoms with Crippen molar-refractivity contribution < 1.29 is 4.79 Å². The Morgan fingerprint density at radius 2 is 1.83 bits per heavy atom. The summed E-state index contributed by atoms with van der Waals surface area (Å²) in [6.45, 7) is 5.60. The molecule has 0 spiro atoms. The summed E-state index contributed by atoms with van der Waals surface area (Å²) >= 11 is 6.02. The number of nitrogens with zero attached hydrogens (tertiary/aromatic N) is 4. The van der Waals surface area contributed by atoms with E-state index in [2.05, 4.69) is 15.1 Å². The number of hydrogen-bond donors (Lipinski definition) is 0. The average Bonchev–Trinajstić information content (AvgIpc) is 2.74. The lowest BCUT2D eigenvalue weighted by Crippen LogP contribution is -2.29. The van der Waals surface area contributed by atoms with Crippen LogP contribution in [0.25, 0.3) is 0 Å². The van der Waals surface area contributed by atoms with Crippen molar-refractivity contribution in [2.45, 2.75) is 27.2 Å².